The first kappa shape index (κ1) is 18.4. The molecule has 0 unspecified atom stereocenters. The van der Waals surface area contributed by atoms with E-state index in [-0.39, 0.29) is 23.9 Å². The standard InChI is InChI=1S/C23H25N3O2/c1-25(19-13-11-18(12-14-19)17-7-3-2-4-8-17)23(28)16-26-21-10-6-5-9-20(21)22(27)15-24-26/h2-10,15,18-19H,11-14,16H2,1H3. The summed E-state index contributed by atoms with van der Waals surface area (Å²) in [5.74, 6) is 0.620. The molecule has 144 valence electrons. The van der Waals surface area contributed by atoms with Crippen LogP contribution in [0.2, 0.25) is 0 Å². The van der Waals surface area contributed by atoms with E-state index >= 15 is 0 Å². The second-order valence-corrected chi connectivity index (χ2v) is 7.60. The van der Waals surface area contributed by atoms with Gasteiger partial charge in [0.15, 0.2) is 0 Å². The maximum absolute atomic E-state index is 12.9. The van der Waals surface area contributed by atoms with E-state index in [9.17, 15) is 9.59 Å². The average Bonchev–Trinajstić information content (AvgIpc) is 2.76. The lowest BCUT2D eigenvalue weighted by molar-refractivity contribution is -0.133. The van der Waals surface area contributed by atoms with E-state index in [2.05, 4.69) is 35.4 Å². The Morgan fingerprint density at radius 1 is 1.04 bits per heavy atom. The molecule has 2 aromatic carbocycles. The fraction of sp³-hybridized carbons (Fsp3) is 0.348. The number of benzene rings is 2. The third-order valence-corrected chi connectivity index (χ3v) is 5.96. The lowest BCUT2D eigenvalue weighted by Gasteiger charge is -2.35. The van der Waals surface area contributed by atoms with Gasteiger partial charge in [0.05, 0.1) is 11.7 Å². The van der Waals surface area contributed by atoms with Crippen LogP contribution in [0.4, 0.5) is 0 Å². The molecule has 1 saturated carbocycles. The van der Waals surface area contributed by atoms with Gasteiger partial charge in [-0.1, -0.05) is 42.5 Å². The minimum absolute atomic E-state index is 0.0319. The van der Waals surface area contributed by atoms with Gasteiger partial charge < -0.3 is 4.90 Å². The summed E-state index contributed by atoms with van der Waals surface area (Å²) in [6, 6.07) is 18.2. The molecule has 1 aliphatic carbocycles. The third kappa shape index (κ3) is 3.70. The van der Waals surface area contributed by atoms with Crippen molar-refractivity contribution in [3.63, 3.8) is 0 Å². The molecule has 3 aromatic rings. The number of para-hydroxylation sites is 1. The molecule has 0 aliphatic heterocycles. The summed E-state index contributed by atoms with van der Waals surface area (Å²) in [7, 11) is 1.89. The topological polar surface area (TPSA) is 55.2 Å². The van der Waals surface area contributed by atoms with Crippen LogP contribution in [0.1, 0.15) is 37.2 Å². The van der Waals surface area contributed by atoms with Gasteiger partial charge in [0, 0.05) is 18.5 Å². The largest absolute Gasteiger partial charge is 0.341 e. The summed E-state index contributed by atoms with van der Waals surface area (Å²) in [5.41, 5.74) is 1.98. The number of amides is 1. The van der Waals surface area contributed by atoms with Crippen LogP contribution in [-0.4, -0.2) is 33.7 Å². The quantitative estimate of drug-likeness (QED) is 0.700. The SMILES string of the molecule is CN(C(=O)Cn1ncc(=O)c2ccccc21)C1CCC(c2ccccc2)CC1. The van der Waals surface area contributed by atoms with E-state index in [1.807, 2.05) is 30.1 Å². The normalized spacial score (nSPS) is 19.5. The molecule has 1 amide bonds. The van der Waals surface area contributed by atoms with Crippen LogP contribution in [0.3, 0.4) is 0 Å². The average molecular weight is 375 g/mol. The van der Waals surface area contributed by atoms with Crippen molar-refractivity contribution < 1.29 is 4.79 Å². The predicted octanol–water partition coefficient (Wildman–Crippen LogP) is 3.58. The van der Waals surface area contributed by atoms with Gasteiger partial charge in [-0.2, -0.15) is 5.10 Å². The van der Waals surface area contributed by atoms with Crippen molar-refractivity contribution >= 4 is 16.8 Å². The molecule has 4 rings (SSSR count). The second-order valence-electron chi connectivity index (χ2n) is 7.60. The van der Waals surface area contributed by atoms with Crippen LogP contribution in [0.15, 0.2) is 65.6 Å². The molecule has 5 heteroatoms. The Bertz CT molecular complexity index is 1020. The molecule has 0 spiro atoms. The Kier molecular flexibility index (Phi) is 5.24. The first-order valence-electron chi connectivity index (χ1n) is 9.89. The fourth-order valence-corrected chi connectivity index (χ4v) is 4.25. The Balaban J connectivity index is 1.42. The summed E-state index contributed by atoms with van der Waals surface area (Å²) in [6.45, 7) is 0.149. The number of carbonyl (C=O) groups excluding carboxylic acids is 1. The Labute approximate surface area is 164 Å². The van der Waals surface area contributed by atoms with Crippen molar-refractivity contribution in [2.75, 3.05) is 7.05 Å². The number of rotatable bonds is 4. The van der Waals surface area contributed by atoms with Crippen LogP contribution < -0.4 is 5.43 Å². The summed E-state index contributed by atoms with van der Waals surface area (Å²) in [5, 5.41) is 4.78. The lowest BCUT2D eigenvalue weighted by atomic mass is 9.81. The molecule has 0 bridgehead atoms. The van der Waals surface area contributed by atoms with Gasteiger partial charge in [0.2, 0.25) is 11.3 Å². The summed E-state index contributed by atoms with van der Waals surface area (Å²) in [6.07, 6.45) is 5.53. The molecular weight excluding hydrogens is 350 g/mol. The third-order valence-electron chi connectivity index (χ3n) is 5.96. The number of carbonyl (C=O) groups is 1. The highest BCUT2D eigenvalue weighted by atomic mass is 16.2. The molecule has 1 aromatic heterocycles. The highest BCUT2D eigenvalue weighted by Gasteiger charge is 2.27. The fourth-order valence-electron chi connectivity index (χ4n) is 4.25. The van der Waals surface area contributed by atoms with Crippen LogP contribution in [0.25, 0.3) is 10.9 Å². The Hall–Kier alpha value is -2.95. The van der Waals surface area contributed by atoms with Crippen molar-refractivity contribution in [2.45, 2.75) is 44.2 Å². The van der Waals surface area contributed by atoms with Crippen molar-refractivity contribution in [1.82, 2.24) is 14.7 Å². The van der Waals surface area contributed by atoms with E-state index in [4.69, 9.17) is 0 Å². The number of hydrogen-bond acceptors (Lipinski definition) is 3. The molecule has 1 heterocycles. The maximum atomic E-state index is 12.9. The van der Waals surface area contributed by atoms with Crippen molar-refractivity contribution in [3.8, 4) is 0 Å². The molecular formula is C23H25N3O2. The number of aromatic nitrogens is 2. The minimum atomic E-state index is -0.119. The molecule has 1 aliphatic rings. The molecule has 0 N–H and O–H groups in total. The molecule has 28 heavy (non-hydrogen) atoms. The smallest absolute Gasteiger partial charge is 0.244 e. The van der Waals surface area contributed by atoms with Gasteiger partial charge in [-0.3, -0.25) is 14.3 Å². The zero-order chi connectivity index (χ0) is 19.5. The molecule has 1 fully saturated rings. The van der Waals surface area contributed by atoms with Gasteiger partial charge in [0.25, 0.3) is 0 Å². The Morgan fingerprint density at radius 3 is 2.46 bits per heavy atom. The van der Waals surface area contributed by atoms with Gasteiger partial charge >= 0.3 is 0 Å². The summed E-state index contributed by atoms with van der Waals surface area (Å²) < 4.78 is 1.63. The monoisotopic (exact) mass is 375 g/mol. The predicted molar refractivity (Wildman–Crippen MR) is 110 cm³/mol. The molecule has 0 radical (unpaired) electrons. The number of fused-ring (bicyclic) bond motifs is 1. The first-order valence-corrected chi connectivity index (χ1v) is 9.89. The van der Waals surface area contributed by atoms with Crippen LogP contribution in [-0.2, 0) is 11.3 Å². The zero-order valence-corrected chi connectivity index (χ0v) is 16.1. The van der Waals surface area contributed by atoms with E-state index in [0.29, 0.717) is 16.8 Å². The second kappa shape index (κ2) is 7.97. The first-order chi connectivity index (χ1) is 13.6. The minimum Gasteiger partial charge on any atom is -0.341 e. The zero-order valence-electron chi connectivity index (χ0n) is 16.1. The van der Waals surface area contributed by atoms with Crippen molar-refractivity contribution in [3.05, 3.63) is 76.6 Å². The van der Waals surface area contributed by atoms with Crippen LogP contribution >= 0.6 is 0 Å². The van der Waals surface area contributed by atoms with Crippen molar-refractivity contribution in [2.24, 2.45) is 0 Å². The maximum Gasteiger partial charge on any atom is 0.244 e. The Morgan fingerprint density at radius 2 is 1.71 bits per heavy atom. The van der Waals surface area contributed by atoms with E-state index in [0.717, 1.165) is 25.7 Å². The summed E-state index contributed by atoms with van der Waals surface area (Å²) >= 11 is 0. The van der Waals surface area contributed by atoms with Gasteiger partial charge in [-0.15, -0.1) is 0 Å². The van der Waals surface area contributed by atoms with E-state index < -0.39 is 0 Å². The van der Waals surface area contributed by atoms with Gasteiger partial charge in [-0.25, -0.2) is 0 Å². The molecule has 0 saturated heterocycles. The number of nitrogens with zero attached hydrogens (tertiary/aromatic N) is 3. The highest BCUT2D eigenvalue weighted by Crippen LogP contribution is 2.34. The molecule has 5 nitrogen and oxygen atoms in total. The van der Waals surface area contributed by atoms with E-state index in [1.54, 1.807) is 10.7 Å². The van der Waals surface area contributed by atoms with Crippen LogP contribution in [0, 0.1) is 0 Å². The van der Waals surface area contributed by atoms with Crippen molar-refractivity contribution in [1.29, 1.82) is 0 Å². The highest BCUT2D eigenvalue weighted by molar-refractivity contribution is 5.81. The summed E-state index contributed by atoms with van der Waals surface area (Å²) in [4.78, 5) is 26.7. The number of hydrogen-bond donors (Lipinski definition) is 0. The van der Waals surface area contributed by atoms with Crippen LogP contribution in [0.5, 0.6) is 0 Å². The van der Waals surface area contributed by atoms with Gasteiger partial charge in [-0.05, 0) is 49.3 Å². The van der Waals surface area contributed by atoms with Gasteiger partial charge in [0.1, 0.15) is 6.54 Å². The molecule has 0 atom stereocenters. The lowest BCUT2D eigenvalue weighted by Crippen LogP contribution is -2.41. The van der Waals surface area contributed by atoms with E-state index in [1.165, 1.54) is 11.8 Å². The number of likely N-dealkylation sites (N-methyl/N-ethyl adjacent to an activating group) is 1.